The molecule has 2 heterocycles. The van der Waals surface area contributed by atoms with Crippen LogP contribution in [0.15, 0.2) is 84.2 Å². The highest BCUT2D eigenvalue weighted by molar-refractivity contribution is 6.03. The van der Waals surface area contributed by atoms with Crippen LogP contribution in [-0.4, -0.2) is 17.8 Å². The third-order valence-corrected chi connectivity index (χ3v) is 4.43. The standard InChI is InChI=1S/C21H19N3O/c1-25-19-11-9-18(10-12-19)24-21(16-6-3-2-4-7-16)14-20(23-24)17-8-5-13-22-15-17/h2-13,15,21H,14H2,1H3. The highest BCUT2D eigenvalue weighted by atomic mass is 16.5. The Kier molecular flexibility index (Phi) is 4.17. The Labute approximate surface area is 147 Å². The maximum absolute atomic E-state index is 5.27. The average molecular weight is 329 g/mol. The van der Waals surface area contributed by atoms with E-state index in [1.54, 1.807) is 13.3 Å². The summed E-state index contributed by atoms with van der Waals surface area (Å²) in [6, 6.07) is 22.7. The number of anilines is 1. The van der Waals surface area contributed by atoms with Gasteiger partial charge in [0.15, 0.2) is 0 Å². The molecular weight excluding hydrogens is 310 g/mol. The summed E-state index contributed by atoms with van der Waals surface area (Å²) in [4.78, 5) is 4.23. The summed E-state index contributed by atoms with van der Waals surface area (Å²) in [5.74, 6) is 0.843. The van der Waals surface area contributed by atoms with E-state index in [1.807, 2.05) is 42.6 Å². The van der Waals surface area contributed by atoms with Crippen molar-refractivity contribution in [1.82, 2.24) is 4.98 Å². The predicted molar refractivity (Wildman–Crippen MR) is 100 cm³/mol. The lowest BCUT2D eigenvalue weighted by Gasteiger charge is -2.24. The highest BCUT2D eigenvalue weighted by Gasteiger charge is 2.29. The maximum Gasteiger partial charge on any atom is 0.119 e. The number of ether oxygens (including phenoxy) is 1. The van der Waals surface area contributed by atoms with Crippen molar-refractivity contribution in [2.24, 2.45) is 5.10 Å². The van der Waals surface area contributed by atoms with Crippen LogP contribution >= 0.6 is 0 Å². The zero-order valence-electron chi connectivity index (χ0n) is 14.0. The van der Waals surface area contributed by atoms with E-state index in [4.69, 9.17) is 9.84 Å². The number of methoxy groups -OCH3 is 1. The first-order valence-corrected chi connectivity index (χ1v) is 8.31. The zero-order chi connectivity index (χ0) is 17.1. The molecule has 0 amide bonds. The monoisotopic (exact) mass is 329 g/mol. The normalized spacial score (nSPS) is 16.6. The molecule has 0 bridgehead atoms. The van der Waals surface area contributed by atoms with Crippen LogP contribution in [0, 0.1) is 0 Å². The van der Waals surface area contributed by atoms with Crippen molar-refractivity contribution in [3.8, 4) is 5.75 Å². The van der Waals surface area contributed by atoms with Crippen LogP contribution in [0.3, 0.4) is 0 Å². The molecule has 124 valence electrons. The first-order chi connectivity index (χ1) is 12.3. The largest absolute Gasteiger partial charge is 0.497 e. The number of pyridine rings is 1. The van der Waals surface area contributed by atoms with E-state index in [0.717, 1.165) is 29.1 Å². The van der Waals surface area contributed by atoms with Crippen LogP contribution in [0.1, 0.15) is 23.6 Å². The lowest BCUT2D eigenvalue weighted by Crippen LogP contribution is -2.18. The van der Waals surface area contributed by atoms with Crippen molar-refractivity contribution < 1.29 is 4.74 Å². The Balaban J connectivity index is 1.73. The molecule has 0 radical (unpaired) electrons. The number of rotatable bonds is 4. The summed E-state index contributed by atoms with van der Waals surface area (Å²) < 4.78 is 5.27. The number of hydrogen-bond donors (Lipinski definition) is 0. The highest BCUT2D eigenvalue weighted by Crippen LogP contribution is 2.36. The van der Waals surface area contributed by atoms with Crippen LogP contribution < -0.4 is 9.75 Å². The van der Waals surface area contributed by atoms with Crippen LogP contribution in [-0.2, 0) is 0 Å². The molecule has 25 heavy (non-hydrogen) atoms. The van der Waals surface area contributed by atoms with Gasteiger partial charge >= 0.3 is 0 Å². The Hall–Kier alpha value is -3.14. The van der Waals surface area contributed by atoms with Crippen molar-refractivity contribution in [2.45, 2.75) is 12.5 Å². The van der Waals surface area contributed by atoms with E-state index in [0.29, 0.717) is 0 Å². The summed E-state index contributed by atoms with van der Waals surface area (Å²) in [6.45, 7) is 0. The number of hydrogen-bond acceptors (Lipinski definition) is 4. The molecule has 4 rings (SSSR count). The van der Waals surface area contributed by atoms with Gasteiger partial charge in [-0.2, -0.15) is 5.10 Å². The molecule has 4 heteroatoms. The minimum Gasteiger partial charge on any atom is -0.497 e. The molecule has 3 aromatic rings. The summed E-state index contributed by atoms with van der Waals surface area (Å²) in [5.41, 5.74) is 4.42. The molecule has 0 N–H and O–H groups in total. The molecule has 1 aliphatic heterocycles. The minimum absolute atomic E-state index is 0.171. The molecule has 0 saturated heterocycles. The van der Waals surface area contributed by atoms with Gasteiger partial charge in [-0.15, -0.1) is 0 Å². The number of benzene rings is 2. The number of aromatic nitrogens is 1. The second-order valence-electron chi connectivity index (χ2n) is 5.96. The maximum atomic E-state index is 5.27. The number of hydrazone groups is 1. The van der Waals surface area contributed by atoms with E-state index in [9.17, 15) is 0 Å². The van der Waals surface area contributed by atoms with Crippen molar-refractivity contribution in [3.05, 3.63) is 90.3 Å². The van der Waals surface area contributed by atoms with Crippen LogP contribution in [0.2, 0.25) is 0 Å². The van der Waals surface area contributed by atoms with Gasteiger partial charge < -0.3 is 4.74 Å². The third-order valence-electron chi connectivity index (χ3n) is 4.43. The van der Waals surface area contributed by atoms with Crippen LogP contribution in [0.25, 0.3) is 0 Å². The van der Waals surface area contributed by atoms with Gasteiger partial charge in [0.1, 0.15) is 5.75 Å². The lowest BCUT2D eigenvalue weighted by molar-refractivity contribution is 0.415. The first kappa shape index (κ1) is 15.4. The lowest BCUT2D eigenvalue weighted by atomic mass is 9.99. The molecular formula is C21H19N3O. The summed E-state index contributed by atoms with van der Waals surface area (Å²) in [7, 11) is 1.68. The van der Waals surface area contributed by atoms with E-state index in [2.05, 4.69) is 40.3 Å². The third kappa shape index (κ3) is 3.11. The molecule has 0 fully saturated rings. The van der Waals surface area contributed by atoms with Crippen molar-refractivity contribution in [3.63, 3.8) is 0 Å². The number of nitrogens with zero attached hydrogens (tertiary/aromatic N) is 3. The van der Waals surface area contributed by atoms with Gasteiger partial charge in [0, 0.05) is 24.4 Å². The molecule has 0 saturated carbocycles. The average Bonchev–Trinajstić information content (AvgIpc) is 3.15. The minimum atomic E-state index is 0.171. The van der Waals surface area contributed by atoms with Crippen LogP contribution in [0.5, 0.6) is 5.75 Å². The summed E-state index contributed by atoms with van der Waals surface area (Å²) in [5, 5.41) is 7.01. The van der Waals surface area contributed by atoms with E-state index in [-0.39, 0.29) is 6.04 Å². The predicted octanol–water partition coefficient (Wildman–Crippen LogP) is 4.45. The Bertz CT molecular complexity index is 861. The zero-order valence-corrected chi connectivity index (χ0v) is 14.0. The molecule has 2 aromatic carbocycles. The molecule has 1 atom stereocenters. The van der Waals surface area contributed by atoms with Crippen LogP contribution in [0.4, 0.5) is 5.69 Å². The van der Waals surface area contributed by atoms with E-state index in [1.165, 1.54) is 5.56 Å². The fourth-order valence-corrected chi connectivity index (χ4v) is 3.13. The van der Waals surface area contributed by atoms with Gasteiger partial charge in [-0.3, -0.25) is 9.99 Å². The van der Waals surface area contributed by atoms with Crippen molar-refractivity contribution in [1.29, 1.82) is 0 Å². The van der Waals surface area contributed by atoms with Gasteiger partial charge in [0.25, 0.3) is 0 Å². The first-order valence-electron chi connectivity index (χ1n) is 8.31. The molecule has 1 aromatic heterocycles. The fraction of sp³-hybridized carbons (Fsp3) is 0.143. The van der Waals surface area contributed by atoms with Gasteiger partial charge in [-0.1, -0.05) is 36.4 Å². The van der Waals surface area contributed by atoms with Crippen molar-refractivity contribution >= 4 is 11.4 Å². The molecule has 1 unspecified atom stereocenters. The Morgan fingerprint density at radius 3 is 2.44 bits per heavy atom. The second kappa shape index (κ2) is 6.77. The SMILES string of the molecule is COc1ccc(N2N=C(c3cccnc3)CC2c2ccccc2)cc1. The van der Waals surface area contributed by atoms with Gasteiger partial charge in [-0.25, -0.2) is 0 Å². The Morgan fingerprint density at radius 2 is 1.76 bits per heavy atom. The molecule has 0 spiro atoms. The Morgan fingerprint density at radius 1 is 0.960 bits per heavy atom. The fourth-order valence-electron chi connectivity index (χ4n) is 3.13. The topological polar surface area (TPSA) is 37.7 Å². The molecule has 1 aliphatic rings. The van der Waals surface area contributed by atoms with Gasteiger partial charge in [0.2, 0.25) is 0 Å². The van der Waals surface area contributed by atoms with Gasteiger partial charge in [0.05, 0.1) is 24.6 Å². The van der Waals surface area contributed by atoms with E-state index < -0.39 is 0 Å². The summed E-state index contributed by atoms with van der Waals surface area (Å²) in [6.07, 6.45) is 4.51. The van der Waals surface area contributed by atoms with E-state index >= 15 is 0 Å². The van der Waals surface area contributed by atoms with Crippen molar-refractivity contribution in [2.75, 3.05) is 12.1 Å². The smallest absolute Gasteiger partial charge is 0.119 e. The van der Waals surface area contributed by atoms with Gasteiger partial charge in [-0.05, 0) is 35.9 Å². The summed E-state index contributed by atoms with van der Waals surface area (Å²) >= 11 is 0. The quantitative estimate of drug-likeness (QED) is 0.710. The molecule has 4 nitrogen and oxygen atoms in total. The molecule has 0 aliphatic carbocycles. The second-order valence-corrected chi connectivity index (χ2v) is 5.96.